The van der Waals surface area contributed by atoms with Crippen molar-refractivity contribution < 1.29 is 30.9 Å². The Morgan fingerprint density at radius 3 is 2.28 bits per heavy atom. The normalized spacial score (nSPS) is 14.0. The van der Waals surface area contributed by atoms with Crippen LogP contribution in [-0.4, -0.2) is 42.0 Å². The average molecular weight is 469 g/mol. The van der Waals surface area contributed by atoms with Crippen LogP contribution >= 0.6 is 11.6 Å². The van der Waals surface area contributed by atoms with Gasteiger partial charge < -0.3 is 9.16 Å². The Hall–Kier alpha value is -1.00. The predicted octanol–water partition coefficient (Wildman–Crippen LogP) is 5.12. The number of Topliss-reactive ketones (excluding diaryl/α,β-unsaturated/α-hetero) is 1. The van der Waals surface area contributed by atoms with Crippen molar-refractivity contribution in [2.24, 2.45) is 0 Å². The van der Waals surface area contributed by atoms with Crippen LogP contribution in [0.25, 0.3) is 0 Å². The lowest BCUT2D eigenvalue weighted by Gasteiger charge is -2.37. The van der Waals surface area contributed by atoms with Gasteiger partial charge in [-0.15, -0.1) is 0 Å². The summed E-state index contributed by atoms with van der Waals surface area (Å²) < 4.78 is 55.6. The monoisotopic (exact) mass is 468 g/mol. The van der Waals surface area contributed by atoms with Crippen LogP contribution in [0.5, 0.6) is 5.75 Å². The van der Waals surface area contributed by atoms with Crippen molar-refractivity contribution in [1.82, 2.24) is 0 Å². The number of halogens is 2. The Bertz CT molecular complexity index is 864. The fourth-order valence-electron chi connectivity index (χ4n) is 2.35. The maximum Gasteiger partial charge on any atom is 0.265 e. The molecule has 0 N–H and O–H groups in total. The van der Waals surface area contributed by atoms with Gasteiger partial charge in [0.2, 0.25) is 0 Å². The molecule has 1 unspecified atom stereocenters. The van der Waals surface area contributed by atoms with Crippen LogP contribution in [0.1, 0.15) is 56.6 Å². The van der Waals surface area contributed by atoms with Crippen molar-refractivity contribution in [3.63, 3.8) is 0 Å². The highest BCUT2D eigenvalue weighted by Gasteiger charge is 2.39. The molecule has 0 bridgehead atoms. The lowest BCUT2D eigenvalue weighted by molar-refractivity contribution is 0.101. The highest BCUT2D eigenvalue weighted by atomic mass is 35.5. The van der Waals surface area contributed by atoms with Crippen molar-refractivity contribution in [3.8, 4) is 5.75 Å². The SMILES string of the molecule is CCOc1c(C(C)=O)cc(Cl)c(F)c1C(CO[Si](C)(C)C(C)(C)C)OS(C)(=O)=O. The van der Waals surface area contributed by atoms with Crippen LogP contribution in [0.3, 0.4) is 0 Å². The molecule has 1 rings (SSSR count). The Morgan fingerprint density at radius 2 is 1.86 bits per heavy atom. The minimum Gasteiger partial charge on any atom is -0.493 e. The summed E-state index contributed by atoms with van der Waals surface area (Å²) in [6, 6.07) is 1.17. The molecule has 10 heteroatoms. The van der Waals surface area contributed by atoms with Gasteiger partial charge in [0.1, 0.15) is 11.9 Å². The summed E-state index contributed by atoms with van der Waals surface area (Å²) in [6.45, 7) is 12.8. The number of rotatable bonds is 9. The van der Waals surface area contributed by atoms with E-state index in [9.17, 15) is 13.2 Å². The highest BCUT2D eigenvalue weighted by Crippen LogP contribution is 2.41. The number of carbonyl (C=O) groups excluding carboxylic acids is 1. The molecular formula is C19H30ClFO6SSi. The zero-order valence-electron chi connectivity index (χ0n) is 18.2. The van der Waals surface area contributed by atoms with Gasteiger partial charge in [0.15, 0.2) is 19.9 Å². The van der Waals surface area contributed by atoms with Crippen LogP contribution in [-0.2, 0) is 18.7 Å². The molecule has 0 amide bonds. The van der Waals surface area contributed by atoms with Crippen molar-refractivity contribution in [2.75, 3.05) is 19.5 Å². The molecular weight excluding hydrogens is 439 g/mol. The largest absolute Gasteiger partial charge is 0.493 e. The Balaban J connectivity index is 3.62. The maximum atomic E-state index is 15.1. The standard InChI is InChI=1S/C19H30ClFO6SSi/c1-9-25-18-13(12(2)22)10-14(20)17(21)16(18)15(27-28(6,23)24)11-26-29(7,8)19(3,4)5/h10,15H,9,11H2,1-8H3. The molecule has 0 saturated carbocycles. The van der Waals surface area contributed by atoms with E-state index >= 15 is 4.39 Å². The van der Waals surface area contributed by atoms with E-state index in [-0.39, 0.29) is 40.2 Å². The quantitative estimate of drug-likeness (QED) is 0.284. The van der Waals surface area contributed by atoms with Crippen LogP contribution in [0.2, 0.25) is 23.2 Å². The van der Waals surface area contributed by atoms with E-state index in [1.165, 1.54) is 13.0 Å². The molecule has 29 heavy (non-hydrogen) atoms. The van der Waals surface area contributed by atoms with E-state index < -0.39 is 36.1 Å². The van der Waals surface area contributed by atoms with Crippen LogP contribution in [0.4, 0.5) is 4.39 Å². The molecule has 1 aromatic rings. The van der Waals surface area contributed by atoms with E-state index in [0.717, 1.165) is 6.26 Å². The first-order valence-corrected chi connectivity index (χ1v) is 14.3. The molecule has 0 saturated heterocycles. The summed E-state index contributed by atoms with van der Waals surface area (Å²) in [5.41, 5.74) is -0.198. The van der Waals surface area contributed by atoms with Crippen LogP contribution < -0.4 is 4.74 Å². The maximum absolute atomic E-state index is 15.1. The van der Waals surface area contributed by atoms with Crippen molar-refractivity contribution in [1.29, 1.82) is 0 Å². The van der Waals surface area contributed by atoms with E-state index in [4.69, 9.17) is 24.9 Å². The summed E-state index contributed by atoms with van der Waals surface area (Å²) in [7, 11) is -6.30. The number of carbonyl (C=O) groups is 1. The van der Waals surface area contributed by atoms with Gasteiger partial charge in [-0.05, 0) is 38.0 Å². The molecule has 0 fully saturated rings. The topological polar surface area (TPSA) is 78.9 Å². The lowest BCUT2D eigenvalue weighted by Crippen LogP contribution is -2.42. The third-order valence-corrected chi connectivity index (χ3v) is 10.2. The molecule has 0 aliphatic rings. The van der Waals surface area contributed by atoms with Gasteiger partial charge in [-0.25, -0.2) is 4.39 Å². The molecule has 0 radical (unpaired) electrons. The fraction of sp³-hybridized carbons (Fsp3) is 0.632. The van der Waals surface area contributed by atoms with Gasteiger partial charge in [0.05, 0.1) is 35.6 Å². The smallest absolute Gasteiger partial charge is 0.265 e. The molecule has 6 nitrogen and oxygen atoms in total. The third-order valence-electron chi connectivity index (χ3n) is 4.89. The minimum atomic E-state index is -3.98. The first-order valence-electron chi connectivity index (χ1n) is 9.19. The van der Waals surface area contributed by atoms with E-state index in [1.54, 1.807) is 6.92 Å². The van der Waals surface area contributed by atoms with Gasteiger partial charge in [-0.3, -0.25) is 8.98 Å². The predicted molar refractivity (Wildman–Crippen MR) is 114 cm³/mol. The minimum absolute atomic E-state index is 0.0441. The summed E-state index contributed by atoms with van der Waals surface area (Å²) in [6.07, 6.45) is -0.501. The highest BCUT2D eigenvalue weighted by molar-refractivity contribution is 7.86. The molecule has 0 heterocycles. The second-order valence-corrected chi connectivity index (χ2v) is 15.1. The molecule has 0 aliphatic carbocycles. The number of ketones is 1. The van der Waals surface area contributed by atoms with Crippen molar-refractivity contribution in [3.05, 3.63) is 28.0 Å². The third kappa shape index (κ3) is 6.75. The van der Waals surface area contributed by atoms with E-state index in [0.29, 0.717) is 0 Å². The van der Waals surface area contributed by atoms with Gasteiger partial charge in [0, 0.05) is 0 Å². The second-order valence-electron chi connectivity index (χ2n) is 8.31. The summed E-state index contributed by atoms with van der Waals surface area (Å²) in [4.78, 5) is 12.1. The Kier molecular flexibility index (Phi) is 8.46. The number of hydrogen-bond donors (Lipinski definition) is 0. The van der Waals surface area contributed by atoms with Crippen LogP contribution in [0, 0.1) is 5.82 Å². The number of ether oxygens (including phenoxy) is 1. The summed E-state index contributed by atoms with van der Waals surface area (Å²) in [5.74, 6) is -1.40. The van der Waals surface area contributed by atoms with Gasteiger partial charge >= 0.3 is 0 Å². The van der Waals surface area contributed by atoms with Gasteiger partial charge in [0.25, 0.3) is 10.1 Å². The first-order chi connectivity index (χ1) is 13.0. The molecule has 1 aromatic carbocycles. The first kappa shape index (κ1) is 26.0. The van der Waals surface area contributed by atoms with Crippen molar-refractivity contribution in [2.45, 2.75) is 58.9 Å². The zero-order chi connectivity index (χ0) is 22.8. The van der Waals surface area contributed by atoms with E-state index in [2.05, 4.69) is 0 Å². The van der Waals surface area contributed by atoms with Crippen LogP contribution in [0.15, 0.2) is 6.07 Å². The summed E-state index contributed by atoms with van der Waals surface area (Å²) in [5, 5.41) is -0.494. The molecule has 1 atom stereocenters. The number of hydrogen-bond acceptors (Lipinski definition) is 6. The summed E-state index contributed by atoms with van der Waals surface area (Å²) >= 11 is 5.99. The average Bonchev–Trinajstić information content (AvgIpc) is 2.53. The number of benzene rings is 1. The van der Waals surface area contributed by atoms with Gasteiger partial charge in [-0.1, -0.05) is 32.4 Å². The van der Waals surface area contributed by atoms with Gasteiger partial charge in [-0.2, -0.15) is 8.42 Å². The van der Waals surface area contributed by atoms with E-state index in [1.807, 2.05) is 33.9 Å². The Labute approximate surface area is 178 Å². The second kappa shape index (κ2) is 9.43. The molecule has 166 valence electrons. The lowest BCUT2D eigenvalue weighted by atomic mass is 10.0. The van der Waals surface area contributed by atoms with Crippen molar-refractivity contribution >= 4 is 35.8 Å². The molecule has 0 aromatic heterocycles. The molecule has 0 spiro atoms. The molecule has 0 aliphatic heterocycles. The Morgan fingerprint density at radius 1 is 1.31 bits per heavy atom. The fourth-order valence-corrected chi connectivity index (χ4v) is 4.13. The zero-order valence-corrected chi connectivity index (χ0v) is 20.8.